The lowest BCUT2D eigenvalue weighted by atomic mass is 10.1. The normalized spacial score (nSPS) is 10.7. The standard InChI is InChI=1S/C21H17FN2O4S/c1-27-18-9-8-15(11-16(18)22)17-12-29-21(23-17)24-19(25)10-5-13-3-6-14(7-4-13)20(26)28-2/h3-12H,1-2H3,(H,23,24,25)/b10-5+. The summed E-state index contributed by atoms with van der Waals surface area (Å²) in [5, 5.41) is 4.79. The summed E-state index contributed by atoms with van der Waals surface area (Å²) in [6.45, 7) is 0. The van der Waals surface area contributed by atoms with Crippen molar-refractivity contribution >= 4 is 34.4 Å². The number of amides is 1. The van der Waals surface area contributed by atoms with Gasteiger partial charge in [-0.25, -0.2) is 14.2 Å². The molecular weight excluding hydrogens is 395 g/mol. The quantitative estimate of drug-likeness (QED) is 0.480. The molecule has 0 radical (unpaired) electrons. The topological polar surface area (TPSA) is 77.5 Å². The Morgan fingerprint density at radius 1 is 1.14 bits per heavy atom. The van der Waals surface area contributed by atoms with Crippen molar-refractivity contribution in [3.63, 3.8) is 0 Å². The van der Waals surface area contributed by atoms with Crippen LogP contribution in [0.1, 0.15) is 15.9 Å². The van der Waals surface area contributed by atoms with Crippen molar-refractivity contribution in [2.24, 2.45) is 0 Å². The van der Waals surface area contributed by atoms with Gasteiger partial charge in [-0.05, 0) is 42.0 Å². The van der Waals surface area contributed by atoms with Crippen LogP contribution in [0.15, 0.2) is 53.9 Å². The predicted molar refractivity (Wildman–Crippen MR) is 110 cm³/mol. The van der Waals surface area contributed by atoms with Gasteiger partial charge in [0.1, 0.15) is 0 Å². The molecule has 0 unspecified atom stereocenters. The molecule has 1 aromatic heterocycles. The van der Waals surface area contributed by atoms with Gasteiger partial charge in [0, 0.05) is 17.0 Å². The average Bonchev–Trinajstić information content (AvgIpc) is 3.20. The minimum atomic E-state index is -0.482. The Morgan fingerprint density at radius 2 is 1.90 bits per heavy atom. The molecular formula is C21H17FN2O4S. The van der Waals surface area contributed by atoms with Gasteiger partial charge in [-0.1, -0.05) is 12.1 Å². The molecule has 0 saturated heterocycles. The van der Waals surface area contributed by atoms with Crippen molar-refractivity contribution in [1.82, 2.24) is 4.98 Å². The van der Waals surface area contributed by atoms with Crippen molar-refractivity contribution in [2.45, 2.75) is 0 Å². The van der Waals surface area contributed by atoms with Crippen LogP contribution in [0.25, 0.3) is 17.3 Å². The summed E-state index contributed by atoms with van der Waals surface area (Å²) in [5.41, 5.74) is 2.32. The lowest BCUT2D eigenvalue weighted by Crippen LogP contribution is -2.07. The van der Waals surface area contributed by atoms with E-state index in [0.29, 0.717) is 22.0 Å². The van der Waals surface area contributed by atoms with Crippen molar-refractivity contribution in [2.75, 3.05) is 19.5 Å². The van der Waals surface area contributed by atoms with E-state index in [1.807, 2.05) is 0 Å². The van der Waals surface area contributed by atoms with Crippen LogP contribution in [-0.2, 0) is 9.53 Å². The zero-order chi connectivity index (χ0) is 20.8. The third-order valence-electron chi connectivity index (χ3n) is 3.94. The molecule has 1 heterocycles. The van der Waals surface area contributed by atoms with Crippen molar-refractivity contribution in [1.29, 1.82) is 0 Å². The summed E-state index contributed by atoms with van der Waals surface area (Å²) in [5.74, 6) is -1.11. The highest BCUT2D eigenvalue weighted by Crippen LogP contribution is 2.28. The first kappa shape index (κ1) is 20.2. The number of carbonyl (C=O) groups excluding carboxylic acids is 2. The lowest BCUT2D eigenvalue weighted by molar-refractivity contribution is -0.111. The van der Waals surface area contributed by atoms with Crippen LogP contribution in [0.5, 0.6) is 5.75 Å². The largest absolute Gasteiger partial charge is 0.494 e. The molecule has 0 atom stereocenters. The number of methoxy groups -OCH3 is 2. The molecule has 0 saturated carbocycles. The monoisotopic (exact) mass is 412 g/mol. The molecule has 2 aromatic carbocycles. The summed E-state index contributed by atoms with van der Waals surface area (Å²) < 4.78 is 23.4. The zero-order valence-corrected chi connectivity index (χ0v) is 16.5. The number of anilines is 1. The number of nitrogens with one attached hydrogen (secondary N) is 1. The van der Waals surface area contributed by atoms with E-state index in [-0.39, 0.29) is 11.7 Å². The fourth-order valence-corrected chi connectivity index (χ4v) is 3.18. The smallest absolute Gasteiger partial charge is 0.337 e. The van der Waals surface area contributed by atoms with Crippen molar-refractivity contribution in [3.8, 4) is 17.0 Å². The molecule has 3 rings (SSSR count). The first-order valence-corrected chi connectivity index (χ1v) is 9.35. The van der Waals surface area contributed by atoms with Gasteiger partial charge in [0.15, 0.2) is 16.7 Å². The van der Waals surface area contributed by atoms with E-state index >= 15 is 0 Å². The second kappa shape index (κ2) is 9.11. The molecule has 0 aliphatic rings. The molecule has 0 fully saturated rings. The van der Waals surface area contributed by atoms with Crippen LogP contribution in [0.2, 0.25) is 0 Å². The first-order chi connectivity index (χ1) is 14.0. The number of aromatic nitrogens is 1. The number of esters is 1. The van der Waals surface area contributed by atoms with Crippen molar-refractivity contribution < 1.29 is 23.5 Å². The maximum Gasteiger partial charge on any atom is 0.337 e. The highest BCUT2D eigenvalue weighted by molar-refractivity contribution is 7.14. The second-order valence-corrected chi connectivity index (χ2v) is 6.68. The van der Waals surface area contributed by atoms with Crippen LogP contribution in [0.4, 0.5) is 9.52 Å². The molecule has 0 aliphatic heterocycles. The molecule has 0 aliphatic carbocycles. The molecule has 1 N–H and O–H groups in total. The number of ether oxygens (including phenoxy) is 2. The number of hydrogen-bond acceptors (Lipinski definition) is 6. The van der Waals surface area contributed by atoms with E-state index in [1.165, 1.54) is 43.8 Å². The van der Waals surface area contributed by atoms with Gasteiger partial charge in [0.25, 0.3) is 0 Å². The van der Waals surface area contributed by atoms with Crippen LogP contribution in [0.3, 0.4) is 0 Å². The maximum atomic E-state index is 13.9. The van der Waals surface area contributed by atoms with Gasteiger partial charge in [-0.15, -0.1) is 11.3 Å². The Balaban J connectivity index is 1.63. The van der Waals surface area contributed by atoms with Gasteiger partial charge in [-0.2, -0.15) is 0 Å². The Hall–Kier alpha value is -3.52. The fraction of sp³-hybridized carbons (Fsp3) is 0.0952. The number of rotatable bonds is 6. The summed E-state index contributed by atoms with van der Waals surface area (Å²) in [7, 11) is 2.71. The van der Waals surface area contributed by atoms with Gasteiger partial charge >= 0.3 is 5.97 Å². The van der Waals surface area contributed by atoms with E-state index in [0.717, 1.165) is 5.56 Å². The van der Waals surface area contributed by atoms with Gasteiger partial charge in [0.05, 0.1) is 25.5 Å². The molecule has 29 heavy (non-hydrogen) atoms. The van der Waals surface area contributed by atoms with Gasteiger partial charge < -0.3 is 9.47 Å². The SMILES string of the molecule is COC(=O)c1ccc(/C=C/C(=O)Nc2nc(-c3ccc(OC)c(F)c3)cs2)cc1. The minimum Gasteiger partial charge on any atom is -0.494 e. The summed E-state index contributed by atoms with van der Waals surface area (Å²) in [6.07, 6.45) is 2.98. The first-order valence-electron chi connectivity index (χ1n) is 8.47. The molecule has 148 valence electrons. The van der Waals surface area contributed by atoms with E-state index in [1.54, 1.807) is 41.8 Å². The number of hydrogen-bond donors (Lipinski definition) is 1. The Bertz CT molecular complexity index is 1060. The number of thiazole rings is 1. The zero-order valence-electron chi connectivity index (χ0n) is 15.6. The predicted octanol–water partition coefficient (Wildman–Crippen LogP) is 4.40. The van der Waals surface area contributed by atoms with E-state index in [9.17, 15) is 14.0 Å². The number of halogens is 1. The lowest BCUT2D eigenvalue weighted by Gasteiger charge is -2.03. The van der Waals surface area contributed by atoms with Gasteiger partial charge in [0.2, 0.25) is 5.91 Å². The highest BCUT2D eigenvalue weighted by Gasteiger charge is 2.10. The molecule has 1 amide bonds. The number of benzene rings is 2. The molecule has 0 bridgehead atoms. The van der Waals surface area contributed by atoms with Crippen LogP contribution >= 0.6 is 11.3 Å². The molecule has 3 aromatic rings. The van der Waals surface area contributed by atoms with E-state index in [2.05, 4.69) is 15.0 Å². The average molecular weight is 412 g/mol. The van der Waals surface area contributed by atoms with E-state index < -0.39 is 11.8 Å². The highest BCUT2D eigenvalue weighted by atomic mass is 32.1. The number of carbonyl (C=O) groups is 2. The number of nitrogens with zero attached hydrogens (tertiary/aromatic N) is 1. The molecule has 0 spiro atoms. The minimum absolute atomic E-state index is 0.155. The van der Waals surface area contributed by atoms with Crippen LogP contribution in [-0.4, -0.2) is 31.1 Å². The fourth-order valence-electron chi connectivity index (χ4n) is 2.46. The Labute approximate surface area is 170 Å². The Morgan fingerprint density at radius 3 is 2.55 bits per heavy atom. The maximum absolute atomic E-state index is 13.9. The third kappa shape index (κ3) is 5.05. The molecule has 8 heteroatoms. The Kier molecular flexibility index (Phi) is 6.36. The summed E-state index contributed by atoms with van der Waals surface area (Å²) in [6, 6.07) is 11.2. The summed E-state index contributed by atoms with van der Waals surface area (Å²) >= 11 is 1.24. The second-order valence-electron chi connectivity index (χ2n) is 5.82. The third-order valence-corrected chi connectivity index (χ3v) is 4.70. The van der Waals surface area contributed by atoms with Crippen LogP contribution < -0.4 is 10.1 Å². The van der Waals surface area contributed by atoms with Crippen molar-refractivity contribution in [3.05, 3.63) is 70.9 Å². The van der Waals surface area contributed by atoms with Crippen LogP contribution in [0, 0.1) is 5.82 Å². The van der Waals surface area contributed by atoms with E-state index in [4.69, 9.17) is 4.74 Å². The van der Waals surface area contributed by atoms with Gasteiger partial charge in [-0.3, -0.25) is 10.1 Å². The summed E-state index contributed by atoms with van der Waals surface area (Å²) in [4.78, 5) is 27.8. The molecule has 6 nitrogen and oxygen atoms in total.